The van der Waals surface area contributed by atoms with Crippen molar-refractivity contribution in [3.8, 4) is 0 Å². The second-order valence-electron chi connectivity index (χ2n) is 1.67. The molecular weight excluding hydrogens is 147 g/mol. The SMILES string of the molecule is O=C1OCC(F)(C(=O)O)O1. The Morgan fingerprint density at radius 3 is 2.60 bits per heavy atom. The summed E-state index contributed by atoms with van der Waals surface area (Å²) in [5.74, 6) is -4.85. The number of rotatable bonds is 1. The summed E-state index contributed by atoms with van der Waals surface area (Å²) in [5, 5.41) is 8.06. The average Bonchev–Trinajstić information content (AvgIpc) is 2.13. The summed E-state index contributed by atoms with van der Waals surface area (Å²) in [5.41, 5.74) is 0. The van der Waals surface area contributed by atoms with E-state index in [4.69, 9.17) is 5.11 Å². The fourth-order valence-electron chi connectivity index (χ4n) is 0.448. The van der Waals surface area contributed by atoms with Crippen LogP contribution in [-0.2, 0) is 14.3 Å². The van der Waals surface area contributed by atoms with Crippen LogP contribution in [0.3, 0.4) is 0 Å². The standard InChI is InChI=1S/C4H3FO5/c5-4(2(6)7)1-9-3(8)10-4/h1H2,(H,6,7). The number of alkyl halides is 1. The van der Waals surface area contributed by atoms with Crippen LogP contribution in [0, 0.1) is 0 Å². The highest BCUT2D eigenvalue weighted by Crippen LogP contribution is 2.21. The van der Waals surface area contributed by atoms with Crippen molar-refractivity contribution in [3.05, 3.63) is 0 Å². The maximum atomic E-state index is 12.5. The number of carboxylic acids is 1. The first-order valence-corrected chi connectivity index (χ1v) is 2.33. The van der Waals surface area contributed by atoms with Gasteiger partial charge in [0, 0.05) is 0 Å². The van der Waals surface area contributed by atoms with Crippen LogP contribution in [0.2, 0.25) is 0 Å². The molecule has 1 atom stereocenters. The van der Waals surface area contributed by atoms with Crippen LogP contribution >= 0.6 is 0 Å². The molecular formula is C4H3FO5. The van der Waals surface area contributed by atoms with E-state index in [1.165, 1.54) is 0 Å². The summed E-state index contributed by atoms with van der Waals surface area (Å²) in [6, 6.07) is 0. The van der Waals surface area contributed by atoms with Gasteiger partial charge in [-0.15, -0.1) is 0 Å². The zero-order chi connectivity index (χ0) is 7.78. The highest BCUT2D eigenvalue weighted by Gasteiger charge is 2.50. The summed E-state index contributed by atoms with van der Waals surface area (Å²) in [6.45, 7) is -0.888. The number of halogens is 1. The summed E-state index contributed by atoms with van der Waals surface area (Å²) in [6.07, 6.45) is -1.30. The van der Waals surface area contributed by atoms with Crippen molar-refractivity contribution in [3.63, 3.8) is 0 Å². The number of carbonyl (C=O) groups is 2. The molecule has 1 aliphatic heterocycles. The number of ether oxygens (including phenoxy) is 2. The van der Waals surface area contributed by atoms with Crippen LogP contribution in [-0.4, -0.2) is 29.7 Å². The zero-order valence-electron chi connectivity index (χ0n) is 4.67. The van der Waals surface area contributed by atoms with Crippen molar-refractivity contribution >= 4 is 12.1 Å². The van der Waals surface area contributed by atoms with Crippen LogP contribution < -0.4 is 0 Å². The van der Waals surface area contributed by atoms with E-state index in [1.807, 2.05) is 0 Å². The lowest BCUT2D eigenvalue weighted by Crippen LogP contribution is -2.35. The molecule has 0 bridgehead atoms. The van der Waals surface area contributed by atoms with Crippen LogP contribution in [0.15, 0.2) is 0 Å². The number of hydrogen-bond acceptors (Lipinski definition) is 4. The minimum atomic E-state index is -2.99. The van der Waals surface area contributed by atoms with Crippen LogP contribution in [0.1, 0.15) is 0 Å². The Hall–Kier alpha value is -1.33. The van der Waals surface area contributed by atoms with Gasteiger partial charge in [-0.3, -0.25) is 0 Å². The topological polar surface area (TPSA) is 72.8 Å². The Morgan fingerprint density at radius 2 is 2.40 bits per heavy atom. The van der Waals surface area contributed by atoms with E-state index in [9.17, 15) is 14.0 Å². The highest BCUT2D eigenvalue weighted by molar-refractivity contribution is 5.80. The molecule has 1 saturated heterocycles. The van der Waals surface area contributed by atoms with E-state index in [-0.39, 0.29) is 0 Å². The molecule has 1 heterocycles. The van der Waals surface area contributed by atoms with Gasteiger partial charge in [0.25, 0.3) is 0 Å². The van der Waals surface area contributed by atoms with Crippen molar-refractivity contribution in [2.75, 3.05) is 6.61 Å². The summed E-state index contributed by atoms with van der Waals surface area (Å²) < 4.78 is 20.1. The summed E-state index contributed by atoms with van der Waals surface area (Å²) in [7, 11) is 0. The predicted molar refractivity (Wildman–Crippen MR) is 23.9 cm³/mol. The van der Waals surface area contributed by atoms with Crippen molar-refractivity contribution in [1.82, 2.24) is 0 Å². The van der Waals surface area contributed by atoms with Crippen molar-refractivity contribution < 1.29 is 28.6 Å². The molecule has 0 aromatic rings. The van der Waals surface area contributed by atoms with E-state index >= 15 is 0 Å². The maximum Gasteiger partial charge on any atom is 0.511 e. The van der Waals surface area contributed by atoms with Crippen LogP contribution in [0.4, 0.5) is 9.18 Å². The van der Waals surface area contributed by atoms with Gasteiger partial charge in [0.2, 0.25) is 0 Å². The Bertz CT molecular complexity index is 190. The third-order valence-electron chi connectivity index (χ3n) is 0.940. The molecule has 1 aliphatic rings. The Morgan fingerprint density at radius 1 is 1.80 bits per heavy atom. The van der Waals surface area contributed by atoms with Crippen molar-refractivity contribution in [2.24, 2.45) is 0 Å². The van der Waals surface area contributed by atoms with Gasteiger partial charge in [-0.05, 0) is 0 Å². The molecule has 0 radical (unpaired) electrons. The molecule has 0 amide bonds. The average molecular weight is 150 g/mol. The largest absolute Gasteiger partial charge is 0.511 e. The van der Waals surface area contributed by atoms with Crippen LogP contribution in [0.5, 0.6) is 0 Å². The maximum absolute atomic E-state index is 12.5. The number of carbonyl (C=O) groups excluding carboxylic acids is 1. The Balaban J connectivity index is 2.72. The minimum Gasteiger partial charge on any atom is -0.476 e. The molecule has 6 heteroatoms. The number of carboxylic acid groups (broad SMARTS) is 1. The van der Waals surface area contributed by atoms with Gasteiger partial charge in [0.1, 0.15) is 0 Å². The minimum absolute atomic E-state index is 0.888. The normalized spacial score (nSPS) is 31.1. The summed E-state index contributed by atoms with van der Waals surface area (Å²) >= 11 is 0. The molecule has 1 N–H and O–H groups in total. The summed E-state index contributed by atoms with van der Waals surface area (Å²) in [4.78, 5) is 20.0. The molecule has 0 aromatic carbocycles. The number of hydrogen-bond donors (Lipinski definition) is 1. The molecule has 56 valence electrons. The van der Waals surface area contributed by atoms with Crippen molar-refractivity contribution in [2.45, 2.75) is 5.85 Å². The zero-order valence-corrected chi connectivity index (χ0v) is 4.67. The van der Waals surface area contributed by atoms with Gasteiger partial charge in [0.05, 0.1) is 0 Å². The fourth-order valence-corrected chi connectivity index (χ4v) is 0.448. The van der Waals surface area contributed by atoms with Crippen molar-refractivity contribution in [1.29, 1.82) is 0 Å². The van der Waals surface area contributed by atoms with E-state index in [2.05, 4.69) is 9.47 Å². The van der Waals surface area contributed by atoms with E-state index in [1.54, 1.807) is 0 Å². The number of cyclic esters (lactones) is 2. The Labute approximate surface area is 54.3 Å². The molecule has 1 fully saturated rings. The highest BCUT2D eigenvalue weighted by atomic mass is 19.2. The first-order valence-electron chi connectivity index (χ1n) is 2.33. The third kappa shape index (κ3) is 0.873. The molecule has 1 rings (SSSR count). The third-order valence-corrected chi connectivity index (χ3v) is 0.940. The molecule has 0 aliphatic carbocycles. The molecule has 0 spiro atoms. The monoisotopic (exact) mass is 150 g/mol. The molecule has 5 nitrogen and oxygen atoms in total. The lowest BCUT2D eigenvalue weighted by molar-refractivity contribution is -0.172. The smallest absolute Gasteiger partial charge is 0.476 e. The first-order chi connectivity index (χ1) is 4.54. The quantitative estimate of drug-likeness (QED) is 0.528. The fraction of sp³-hybridized carbons (Fsp3) is 0.500. The van der Waals surface area contributed by atoms with E-state index < -0.39 is 24.6 Å². The van der Waals surface area contributed by atoms with Gasteiger partial charge < -0.3 is 14.6 Å². The lowest BCUT2D eigenvalue weighted by atomic mass is 10.3. The molecule has 10 heavy (non-hydrogen) atoms. The van der Waals surface area contributed by atoms with E-state index in [0.717, 1.165) is 0 Å². The Kier molecular flexibility index (Phi) is 1.24. The van der Waals surface area contributed by atoms with Gasteiger partial charge >= 0.3 is 18.0 Å². The van der Waals surface area contributed by atoms with Gasteiger partial charge in [-0.2, -0.15) is 4.39 Å². The van der Waals surface area contributed by atoms with Gasteiger partial charge in [-0.1, -0.05) is 0 Å². The second-order valence-corrected chi connectivity index (χ2v) is 1.67. The van der Waals surface area contributed by atoms with Gasteiger partial charge in [0.15, 0.2) is 6.61 Å². The first kappa shape index (κ1) is 6.79. The van der Waals surface area contributed by atoms with Crippen LogP contribution in [0.25, 0.3) is 0 Å². The van der Waals surface area contributed by atoms with Gasteiger partial charge in [-0.25, -0.2) is 9.59 Å². The molecule has 0 saturated carbocycles. The second kappa shape index (κ2) is 1.83. The lowest BCUT2D eigenvalue weighted by Gasteiger charge is -2.06. The number of aliphatic carboxylic acids is 1. The van der Waals surface area contributed by atoms with E-state index in [0.29, 0.717) is 0 Å². The molecule has 0 aromatic heterocycles. The predicted octanol–water partition coefficient (Wildman–Crippen LogP) is -0.0964. The molecule has 1 unspecified atom stereocenters.